The van der Waals surface area contributed by atoms with Crippen molar-refractivity contribution in [3.8, 4) is 5.75 Å². The molecule has 0 aromatic heterocycles. The lowest BCUT2D eigenvalue weighted by Gasteiger charge is -2.15. The highest BCUT2D eigenvalue weighted by molar-refractivity contribution is 5.72. The number of para-hydroxylation sites is 2. The van der Waals surface area contributed by atoms with E-state index >= 15 is 0 Å². The fraction of sp³-hybridized carbons (Fsp3) is 0.300. The van der Waals surface area contributed by atoms with Crippen molar-refractivity contribution in [2.45, 2.75) is 6.92 Å². The number of amides is 1. The van der Waals surface area contributed by atoms with Gasteiger partial charge in [-0.05, 0) is 6.07 Å². The second kappa shape index (κ2) is 5.11. The van der Waals surface area contributed by atoms with Crippen LogP contribution in [0.2, 0.25) is 0 Å². The molecule has 6 heteroatoms. The Kier molecular flexibility index (Phi) is 3.82. The molecule has 16 heavy (non-hydrogen) atoms. The zero-order valence-electron chi connectivity index (χ0n) is 9.04. The molecule has 0 aliphatic carbocycles. The molecule has 0 fully saturated rings. The SMILES string of the molecule is CC(=O)N(C)COc1ccccc1[N+](=O)[O-]. The molecule has 1 aromatic rings. The molecule has 0 unspecified atom stereocenters. The number of carbonyl (C=O) groups excluding carboxylic acids is 1. The molecule has 0 saturated heterocycles. The van der Waals surface area contributed by atoms with E-state index in [1.807, 2.05) is 0 Å². The van der Waals surface area contributed by atoms with E-state index in [1.54, 1.807) is 19.2 Å². The molecule has 6 nitrogen and oxygen atoms in total. The van der Waals surface area contributed by atoms with Gasteiger partial charge in [0.1, 0.15) is 0 Å². The average Bonchev–Trinajstić information content (AvgIpc) is 2.25. The van der Waals surface area contributed by atoms with Crippen molar-refractivity contribution < 1.29 is 14.5 Å². The fourth-order valence-electron chi connectivity index (χ4n) is 0.987. The lowest BCUT2D eigenvalue weighted by Crippen LogP contribution is -2.28. The number of rotatable bonds is 4. The van der Waals surface area contributed by atoms with Gasteiger partial charge in [0.25, 0.3) is 0 Å². The van der Waals surface area contributed by atoms with Crippen molar-refractivity contribution >= 4 is 11.6 Å². The first kappa shape index (κ1) is 12.0. The van der Waals surface area contributed by atoms with Crippen LogP contribution < -0.4 is 4.74 Å². The number of carbonyl (C=O) groups is 1. The molecule has 1 amide bonds. The van der Waals surface area contributed by atoms with E-state index in [-0.39, 0.29) is 24.1 Å². The molecule has 1 rings (SSSR count). The van der Waals surface area contributed by atoms with Crippen LogP contribution in [0.15, 0.2) is 24.3 Å². The highest BCUT2D eigenvalue weighted by atomic mass is 16.6. The predicted molar refractivity (Wildman–Crippen MR) is 57.0 cm³/mol. The molecule has 0 bridgehead atoms. The summed E-state index contributed by atoms with van der Waals surface area (Å²) >= 11 is 0. The van der Waals surface area contributed by atoms with Crippen molar-refractivity contribution in [3.63, 3.8) is 0 Å². The monoisotopic (exact) mass is 224 g/mol. The van der Waals surface area contributed by atoms with E-state index in [4.69, 9.17) is 4.74 Å². The van der Waals surface area contributed by atoms with Gasteiger partial charge in [0, 0.05) is 20.0 Å². The van der Waals surface area contributed by atoms with Crippen LogP contribution in [-0.4, -0.2) is 29.5 Å². The third kappa shape index (κ3) is 2.94. The average molecular weight is 224 g/mol. The Bertz CT molecular complexity index is 406. The molecule has 0 saturated carbocycles. The summed E-state index contributed by atoms with van der Waals surface area (Å²) in [5.74, 6) is -0.0146. The van der Waals surface area contributed by atoms with Crippen LogP contribution >= 0.6 is 0 Å². The second-order valence-electron chi connectivity index (χ2n) is 3.22. The first-order valence-electron chi connectivity index (χ1n) is 4.60. The van der Waals surface area contributed by atoms with Gasteiger partial charge in [0.05, 0.1) is 4.92 Å². The van der Waals surface area contributed by atoms with Crippen LogP contribution in [-0.2, 0) is 4.79 Å². The van der Waals surface area contributed by atoms with E-state index in [0.29, 0.717) is 0 Å². The largest absolute Gasteiger partial charge is 0.466 e. The maximum atomic E-state index is 10.9. The Labute approximate surface area is 92.6 Å². The molecule has 0 heterocycles. The third-order valence-corrected chi connectivity index (χ3v) is 2.01. The van der Waals surface area contributed by atoms with Crippen LogP contribution in [0.1, 0.15) is 6.92 Å². The van der Waals surface area contributed by atoms with E-state index in [0.717, 1.165) is 0 Å². The van der Waals surface area contributed by atoms with Gasteiger partial charge in [0.15, 0.2) is 12.5 Å². The lowest BCUT2D eigenvalue weighted by atomic mass is 10.3. The summed E-state index contributed by atoms with van der Waals surface area (Å²) in [5.41, 5.74) is -0.112. The lowest BCUT2D eigenvalue weighted by molar-refractivity contribution is -0.386. The van der Waals surface area contributed by atoms with Crippen molar-refractivity contribution in [2.24, 2.45) is 0 Å². The van der Waals surface area contributed by atoms with Crippen molar-refractivity contribution in [1.29, 1.82) is 0 Å². The fourth-order valence-corrected chi connectivity index (χ4v) is 0.987. The first-order valence-corrected chi connectivity index (χ1v) is 4.60. The highest BCUT2D eigenvalue weighted by Crippen LogP contribution is 2.25. The van der Waals surface area contributed by atoms with E-state index in [1.165, 1.54) is 24.0 Å². The third-order valence-electron chi connectivity index (χ3n) is 2.01. The van der Waals surface area contributed by atoms with E-state index in [9.17, 15) is 14.9 Å². The molecule has 0 aliphatic rings. The minimum Gasteiger partial charge on any atom is -0.466 e. The van der Waals surface area contributed by atoms with E-state index < -0.39 is 4.92 Å². The molecule has 0 N–H and O–H groups in total. The number of hydrogen-bond acceptors (Lipinski definition) is 4. The summed E-state index contributed by atoms with van der Waals surface area (Å²) in [6, 6.07) is 6.03. The molecule has 0 spiro atoms. The topological polar surface area (TPSA) is 72.7 Å². The van der Waals surface area contributed by atoms with Gasteiger partial charge in [-0.3, -0.25) is 14.9 Å². The number of nitro groups is 1. The highest BCUT2D eigenvalue weighted by Gasteiger charge is 2.14. The molecular formula is C10H12N2O4. The van der Waals surface area contributed by atoms with Gasteiger partial charge in [-0.15, -0.1) is 0 Å². The number of ether oxygens (including phenoxy) is 1. The normalized spacial score (nSPS) is 9.62. The molecule has 0 atom stereocenters. The van der Waals surface area contributed by atoms with Gasteiger partial charge in [0.2, 0.25) is 5.91 Å². The van der Waals surface area contributed by atoms with E-state index in [2.05, 4.69) is 0 Å². The summed E-state index contributed by atoms with van der Waals surface area (Å²) in [5, 5.41) is 10.6. The van der Waals surface area contributed by atoms with Crippen molar-refractivity contribution in [2.75, 3.05) is 13.8 Å². The summed E-state index contributed by atoms with van der Waals surface area (Å²) in [6.07, 6.45) is 0. The Balaban J connectivity index is 2.74. The minimum absolute atomic E-state index is 0.0137. The number of nitrogens with zero attached hydrogens (tertiary/aromatic N) is 2. The smallest absolute Gasteiger partial charge is 0.311 e. The Morgan fingerprint density at radius 2 is 2.12 bits per heavy atom. The summed E-state index contributed by atoms with van der Waals surface area (Å²) in [4.78, 5) is 22.3. The maximum Gasteiger partial charge on any atom is 0.311 e. The van der Waals surface area contributed by atoms with Crippen LogP contribution in [0.25, 0.3) is 0 Å². The molecular weight excluding hydrogens is 212 g/mol. The van der Waals surface area contributed by atoms with Gasteiger partial charge >= 0.3 is 5.69 Å². The molecule has 86 valence electrons. The second-order valence-corrected chi connectivity index (χ2v) is 3.22. The van der Waals surface area contributed by atoms with Crippen LogP contribution in [0, 0.1) is 10.1 Å². The van der Waals surface area contributed by atoms with Crippen LogP contribution in [0.5, 0.6) is 5.75 Å². The quantitative estimate of drug-likeness (QED) is 0.440. The minimum atomic E-state index is -0.525. The number of benzene rings is 1. The Hall–Kier alpha value is -2.11. The van der Waals surface area contributed by atoms with Crippen molar-refractivity contribution in [1.82, 2.24) is 4.90 Å². The number of hydrogen-bond donors (Lipinski definition) is 0. The Morgan fingerprint density at radius 3 is 2.69 bits per heavy atom. The summed E-state index contributed by atoms with van der Waals surface area (Å²) in [7, 11) is 1.55. The first-order chi connectivity index (χ1) is 7.52. The number of nitro benzene ring substituents is 1. The van der Waals surface area contributed by atoms with Gasteiger partial charge in [-0.1, -0.05) is 12.1 Å². The molecule has 0 aliphatic heterocycles. The molecule has 1 aromatic carbocycles. The van der Waals surface area contributed by atoms with Crippen LogP contribution in [0.3, 0.4) is 0 Å². The Morgan fingerprint density at radius 1 is 1.50 bits per heavy atom. The van der Waals surface area contributed by atoms with Crippen LogP contribution in [0.4, 0.5) is 5.69 Å². The maximum absolute atomic E-state index is 10.9. The van der Waals surface area contributed by atoms with Crippen molar-refractivity contribution in [3.05, 3.63) is 34.4 Å². The molecule has 0 radical (unpaired) electrons. The zero-order chi connectivity index (χ0) is 12.1. The van der Waals surface area contributed by atoms with Gasteiger partial charge in [-0.2, -0.15) is 0 Å². The van der Waals surface area contributed by atoms with Gasteiger partial charge in [-0.25, -0.2) is 0 Å². The van der Waals surface area contributed by atoms with Gasteiger partial charge < -0.3 is 9.64 Å². The summed E-state index contributed by atoms with van der Waals surface area (Å²) in [6.45, 7) is 1.38. The standard InChI is InChI=1S/C10H12N2O4/c1-8(13)11(2)7-16-10-6-4-3-5-9(10)12(14)15/h3-6H,7H2,1-2H3. The summed E-state index contributed by atoms with van der Waals surface area (Å²) < 4.78 is 5.18. The predicted octanol–water partition coefficient (Wildman–Crippen LogP) is 1.41. The zero-order valence-corrected chi connectivity index (χ0v) is 9.04.